The van der Waals surface area contributed by atoms with Crippen molar-refractivity contribution in [2.24, 2.45) is 0 Å². The summed E-state index contributed by atoms with van der Waals surface area (Å²) < 4.78 is 16.9. The topological polar surface area (TPSA) is 27.7 Å². The molecule has 0 aliphatic carbocycles. The van der Waals surface area contributed by atoms with Gasteiger partial charge in [0.15, 0.2) is 0 Å². The molecule has 0 aromatic heterocycles. The maximum atomic E-state index is 5.75. The standard InChI is InChI=1S/C13H28O3/c1-10(2)14-8-11(3)15-9-12(4)16-13(5,6)7/h10-12H,8-9H2,1-7H3. The molecule has 3 nitrogen and oxygen atoms in total. The van der Waals surface area contributed by atoms with E-state index in [9.17, 15) is 0 Å². The third-order valence-electron chi connectivity index (χ3n) is 1.83. The summed E-state index contributed by atoms with van der Waals surface area (Å²) in [5.41, 5.74) is -0.111. The summed E-state index contributed by atoms with van der Waals surface area (Å²) in [6, 6.07) is 0. The van der Waals surface area contributed by atoms with E-state index >= 15 is 0 Å². The fourth-order valence-electron chi connectivity index (χ4n) is 1.31. The van der Waals surface area contributed by atoms with E-state index in [2.05, 4.69) is 20.8 Å². The largest absolute Gasteiger partial charge is 0.376 e. The van der Waals surface area contributed by atoms with Crippen LogP contribution in [-0.4, -0.2) is 37.1 Å². The molecule has 0 fully saturated rings. The highest BCUT2D eigenvalue weighted by atomic mass is 16.6. The minimum absolute atomic E-state index is 0.111. The van der Waals surface area contributed by atoms with Crippen LogP contribution >= 0.6 is 0 Å². The van der Waals surface area contributed by atoms with E-state index in [0.717, 1.165) is 0 Å². The summed E-state index contributed by atoms with van der Waals surface area (Å²) in [5, 5.41) is 0. The van der Waals surface area contributed by atoms with E-state index in [1.54, 1.807) is 0 Å². The van der Waals surface area contributed by atoms with Gasteiger partial charge in [-0.3, -0.25) is 0 Å². The van der Waals surface area contributed by atoms with Crippen LogP contribution < -0.4 is 0 Å². The van der Waals surface area contributed by atoms with Crippen LogP contribution in [-0.2, 0) is 14.2 Å². The van der Waals surface area contributed by atoms with Gasteiger partial charge in [-0.25, -0.2) is 0 Å². The molecule has 0 radical (unpaired) electrons. The van der Waals surface area contributed by atoms with Gasteiger partial charge in [0.1, 0.15) is 0 Å². The molecule has 0 aliphatic heterocycles. The molecule has 2 unspecified atom stereocenters. The minimum Gasteiger partial charge on any atom is -0.376 e. The van der Waals surface area contributed by atoms with Gasteiger partial charge in [-0.15, -0.1) is 0 Å². The Balaban J connectivity index is 3.63. The van der Waals surface area contributed by atoms with Crippen LogP contribution in [0, 0.1) is 0 Å². The van der Waals surface area contributed by atoms with Crippen LogP contribution in [0.4, 0.5) is 0 Å². The number of hydrogen-bond acceptors (Lipinski definition) is 3. The molecule has 0 aromatic rings. The molecule has 0 saturated carbocycles. The van der Waals surface area contributed by atoms with E-state index in [1.165, 1.54) is 0 Å². The van der Waals surface area contributed by atoms with Crippen molar-refractivity contribution in [1.29, 1.82) is 0 Å². The van der Waals surface area contributed by atoms with Gasteiger partial charge in [-0.1, -0.05) is 0 Å². The molecule has 0 aromatic carbocycles. The molecule has 0 N–H and O–H groups in total. The summed E-state index contributed by atoms with van der Waals surface area (Å²) in [6.07, 6.45) is 0.490. The second-order valence-electron chi connectivity index (χ2n) is 5.57. The summed E-state index contributed by atoms with van der Waals surface area (Å²) in [7, 11) is 0. The van der Waals surface area contributed by atoms with Gasteiger partial charge in [0, 0.05) is 0 Å². The van der Waals surface area contributed by atoms with Crippen molar-refractivity contribution >= 4 is 0 Å². The Morgan fingerprint density at radius 1 is 0.812 bits per heavy atom. The molecule has 0 bridgehead atoms. The van der Waals surface area contributed by atoms with Crippen LogP contribution in [0.5, 0.6) is 0 Å². The van der Waals surface area contributed by atoms with Crippen molar-refractivity contribution in [2.75, 3.05) is 13.2 Å². The minimum atomic E-state index is -0.111. The van der Waals surface area contributed by atoms with E-state index in [0.29, 0.717) is 13.2 Å². The monoisotopic (exact) mass is 232 g/mol. The van der Waals surface area contributed by atoms with Gasteiger partial charge in [0.05, 0.1) is 37.1 Å². The van der Waals surface area contributed by atoms with Crippen molar-refractivity contribution in [1.82, 2.24) is 0 Å². The Morgan fingerprint density at radius 3 is 1.75 bits per heavy atom. The van der Waals surface area contributed by atoms with Crippen LogP contribution in [0.1, 0.15) is 48.5 Å². The molecule has 0 aliphatic rings. The smallest absolute Gasteiger partial charge is 0.0787 e. The molecule has 0 heterocycles. The molecule has 3 heteroatoms. The second kappa shape index (κ2) is 7.25. The zero-order valence-electron chi connectivity index (χ0n) is 11.9. The van der Waals surface area contributed by atoms with Crippen LogP contribution in [0.2, 0.25) is 0 Å². The van der Waals surface area contributed by atoms with Crippen LogP contribution in [0.25, 0.3) is 0 Å². The predicted molar refractivity (Wildman–Crippen MR) is 66.8 cm³/mol. The predicted octanol–water partition coefficient (Wildman–Crippen LogP) is 3.02. The highest BCUT2D eigenvalue weighted by Crippen LogP contribution is 2.11. The zero-order chi connectivity index (χ0) is 12.8. The van der Waals surface area contributed by atoms with E-state index in [1.807, 2.05) is 27.7 Å². The average molecular weight is 232 g/mol. The molecule has 98 valence electrons. The van der Waals surface area contributed by atoms with Crippen molar-refractivity contribution < 1.29 is 14.2 Å². The highest BCUT2D eigenvalue weighted by Gasteiger charge is 2.16. The van der Waals surface area contributed by atoms with Crippen molar-refractivity contribution in [3.8, 4) is 0 Å². The molecule has 16 heavy (non-hydrogen) atoms. The third kappa shape index (κ3) is 10.4. The van der Waals surface area contributed by atoms with E-state index in [-0.39, 0.29) is 23.9 Å². The molecule has 0 spiro atoms. The fraction of sp³-hybridized carbons (Fsp3) is 1.00. The fourth-order valence-corrected chi connectivity index (χ4v) is 1.31. The molecular weight excluding hydrogens is 204 g/mol. The lowest BCUT2D eigenvalue weighted by Crippen LogP contribution is -2.30. The first-order chi connectivity index (χ1) is 7.20. The maximum Gasteiger partial charge on any atom is 0.0787 e. The summed E-state index contributed by atoms with van der Waals surface area (Å²) in [5.74, 6) is 0. The quantitative estimate of drug-likeness (QED) is 0.675. The van der Waals surface area contributed by atoms with Gasteiger partial charge in [-0.2, -0.15) is 0 Å². The molecular formula is C13H28O3. The lowest BCUT2D eigenvalue weighted by Gasteiger charge is -2.26. The number of hydrogen-bond donors (Lipinski definition) is 0. The van der Waals surface area contributed by atoms with E-state index < -0.39 is 0 Å². The Kier molecular flexibility index (Phi) is 7.20. The summed E-state index contributed by atoms with van der Waals surface area (Å²) in [4.78, 5) is 0. The third-order valence-corrected chi connectivity index (χ3v) is 1.83. The molecule has 2 atom stereocenters. The van der Waals surface area contributed by atoms with Crippen LogP contribution in [0.15, 0.2) is 0 Å². The van der Waals surface area contributed by atoms with Gasteiger partial charge < -0.3 is 14.2 Å². The molecule has 0 amide bonds. The maximum absolute atomic E-state index is 5.75. The first kappa shape index (κ1) is 15.9. The van der Waals surface area contributed by atoms with Crippen molar-refractivity contribution in [3.63, 3.8) is 0 Å². The second-order valence-corrected chi connectivity index (χ2v) is 5.57. The van der Waals surface area contributed by atoms with Gasteiger partial charge in [0.2, 0.25) is 0 Å². The number of rotatable bonds is 7. The average Bonchev–Trinajstić information content (AvgIpc) is 2.08. The first-order valence-corrected chi connectivity index (χ1v) is 6.11. The Hall–Kier alpha value is -0.120. The first-order valence-electron chi connectivity index (χ1n) is 6.11. The van der Waals surface area contributed by atoms with Gasteiger partial charge in [0.25, 0.3) is 0 Å². The van der Waals surface area contributed by atoms with Gasteiger partial charge in [-0.05, 0) is 48.5 Å². The highest BCUT2D eigenvalue weighted by molar-refractivity contribution is 4.63. The lowest BCUT2D eigenvalue weighted by molar-refractivity contribution is -0.106. The summed E-state index contributed by atoms with van der Waals surface area (Å²) >= 11 is 0. The Bertz CT molecular complexity index is 173. The number of ether oxygens (including phenoxy) is 3. The van der Waals surface area contributed by atoms with Gasteiger partial charge >= 0.3 is 0 Å². The van der Waals surface area contributed by atoms with Crippen molar-refractivity contribution in [3.05, 3.63) is 0 Å². The van der Waals surface area contributed by atoms with Crippen molar-refractivity contribution in [2.45, 2.75) is 72.4 Å². The Morgan fingerprint density at radius 2 is 1.31 bits per heavy atom. The van der Waals surface area contributed by atoms with E-state index in [4.69, 9.17) is 14.2 Å². The summed E-state index contributed by atoms with van der Waals surface area (Å²) in [6.45, 7) is 15.5. The normalized spacial score (nSPS) is 16.5. The Labute approximate surface area is 100 Å². The SMILES string of the molecule is CC(C)OCC(C)OCC(C)OC(C)(C)C. The molecule has 0 rings (SSSR count). The zero-order valence-corrected chi connectivity index (χ0v) is 11.9. The molecule has 0 saturated heterocycles. The lowest BCUT2D eigenvalue weighted by atomic mass is 10.2. The van der Waals surface area contributed by atoms with Crippen LogP contribution in [0.3, 0.4) is 0 Å².